The standard InChI is InChI=1S/C17H21BrFNO/c1-2-9-20-15(6-7-16-4-3-10-21-16)12-13-11-14(18)5-8-17(13)19/h3-5,8,10-11,15,20H,2,6-7,9,12H2,1H3. The van der Waals surface area contributed by atoms with E-state index in [4.69, 9.17) is 4.42 Å². The summed E-state index contributed by atoms with van der Waals surface area (Å²) in [6.45, 7) is 3.08. The summed E-state index contributed by atoms with van der Waals surface area (Å²) in [5.74, 6) is 0.840. The summed E-state index contributed by atoms with van der Waals surface area (Å²) in [7, 11) is 0. The lowest BCUT2D eigenvalue weighted by Crippen LogP contribution is -2.32. The number of hydrogen-bond acceptors (Lipinski definition) is 2. The monoisotopic (exact) mass is 353 g/mol. The molecule has 1 aromatic carbocycles. The van der Waals surface area contributed by atoms with Crippen LogP contribution in [0.2, 0.25) is 0 Å². The van der Waals surface area contributed by atoms with Crippen LogP contribution in [0.5, 0.6) is 0 Å². The second-order valence-corrected chi connectivity index (χ2v) is 6.12. The van der Waals surface area contributed by atoms with E-state index in [1.807, 2.05) is 18.2 Å². The number of furan rings is 1. The van der Waals surface area contributed by atoms with Gasteiger partial charge in [-0.05, 0) is 61.7 Å². The molecule has 2 nitrogen and oxygen atoms in total. The van der Waals surface area contributed by atoms with Crippen LogP contribution in [-0.2, 0) is 12.8 Å². The van der Waals surface area contributed by atoms with Crippen LogP contribution < -0.4 is 5.32 Å². The fourth-order valence-corrected chi connectivity index (χ4v) is 2.77. The van der Waals surface area contributed by atoms with Gasteiger partial charge in [-0.2, -0.15) is 0 Å². The summed E-state index contributed by atoms with van der Waals surface area (Å²) in [6, 6.07) is 9.25. The van der Waals surface area contributed by atoms with Crippen molar-refractivity contribution in [1.82, 2.24) is 5.32 Å². The summed E-state index contributed by atoms with van der Waals surface area (Å²) < 4.78 is 20.2. The lowest BCUT2D eigenvalue weighted by atomic mass is 10.0. The summed E-state index contributed by atoms with van der Waals surface area (Å²) in [6.07, 6.45) is 5.24. The molecule has 4 heteroatoms. The molecule has 0 saturated carbocycles. The Balaban J connectivity index is 1.99. The van der Waals surface area contributed by atoms with Gasteiger partial charge in [-0.3, -0.25) is 0 Å². The van der Waals surface area contributed by atoms with E-state index >= 15 is 0 Å². The van der Waals surface area contributed by atoms with Crippen molar-refractivity contribution in [3.8, 4) is 0 Å². The molecule has 0 saturated heterocycles. The van der Waals surface area contributed by atoms with Gasteiger partial charge < -0.3 is 9.73 Å². The molecule has 0 aliphatic heterocycles. The number of halogens is 2. The molecule has 1 unspecified atom stereocenters. The Kier molecular flexibility index (Phi) is 6.46. The minimum absolute atomic E-state index is 0.139. The predicted molar refractivity (Wildman–Crippen MR) is 86.9 cm³/mol. The second kappa shape index (κ2) is 8.35. The minimum Gasteiger partial charge on any atom is -0.469 e. The van der Waals surface area contributed by atoms with E-state index in [-0.39, 0.29) is 11.9 Å². The highest BCUT2D eigenvalue weighted by atomic mass is 79.9. The molecule has 21 heavy (non-hydrogen) atoms. The Morgan fingerprint density at radius 3 is 2.90 bits per heavy atom. The fraction of sp³-hybridized carbons (Fsp3) is 0.412. The van der Waals surface area contributed by atoms with Crippen LogP contribution >= 0.6 is 15.9 Å². The van der Waals surface area contributed by atoms with Crippen molar-refractivity contribution >= 4 is 15.9 Å². The molecule has 2 aromatic rings. The predicted octanol–water partition coefficient (Wildman–Crippen LogP) is 4.72. The average molecular weight is 354 g/mol. The Morgan fingerprint density at radius 2 is 2.19 bits per heavy atom. The largest absolute Gasteiger partial charge is 0.469 e. The van der Waals surface area contributed by atoms with Crippen molar-refractivity contribution in [2.75, 3.05) is 6.54 Å². The van der Waals surface area contributed by atoms with Gasteiger partial charge in [-0.25, -0.2) is 4.39 Å². The maximum atomic E-state index is 13.9. The third-order valence-electron chi connectivity index (χ3n) is 3.48. The first-order chi connectivity index (χ1) is 10.2. The Labute approximate surface area is 133 Å². The molecular formula is C17H21BrFNO. The lowest BCUT2D eigenvalue weighted by molar-refractivity contribution is 0.436. The van der Waals surface area contributed by atoms with Crippen molar-refractivity contribution in [3.63, 3.8) is 0 Å². The SMILES string of the molecule is CCCNC(CCc1ccco1)Cc1cc(Br)ccc1F. The lowest BCUT2D eigenvalue weighted by Gasteiger charge is -2.18. The first-order valence-electron chi connectivity index (χ1n) is 7.38. The van der Waals surface area contributed by atoms with Crippen molar-refractivity contribution in [2.24, 2.45) is 0 Å². The molecule has 0 amide bonds. The molecule has 1 aromatic heterocycles. The Bertz CT molecular complexity index is 542. The highest BCUT2D eigenvalue weighted by Crippen LogP contribution is 2.18. The Hall–Kier alpha value is -1.13. The van der Waals surface area contributed by atoms with E-state index < -0.39 is 0 Å². The van der Waals surface area contributed by atoms with Gasteiger partial charge in [0.05, 0.1) is 6.26 Å². The third kappa shape index (κ3) is 5.29. The number of aryl methyl sites for hydroxylation is 1. The second-order valence-electron chi connectivity index (χ2n) is 5.21. The zero-order valence-electron chi connectivity index (χ0n) is 12.2. The summed E-state index contributed by atoms with van der Waals surface area (Å²) in [5.41, 5.74) is 0.748. The minimum atomic E-state index is -0.139. The Morgan fingerprint density at radius 1 is 1.33 bits per heavy atom. The number of nitrogens with one attached hydrogen (secondary N) is 1. The van der Waals surface area contributed by atoms with Crippen LogP contribution in [0.1, 0.15) is 31.1 Å². The fourth-order valence-electron chi connectivity index (χ4n) is 2.36. The van der Waals surface area contributed by atoms with E-state index in [0.717, 1.165) is 41.6 Å². The van der Waals surface area contributed by atoms with Crippen molar-refractivity contribution < 1.29 is 8.81 Å². The molecule has 2 rings (SSSR count). The van der Waals surface area contributed by atoms with Crippen LogP contribution in [0.25, 0.3) is 0 Å². The summed E-state index contributed by atoms with van der Waals surface area (Å²) >= 11 is 3.41. The summed E-state index contributed by atoms with van der Waals surface area (Å²) in [5, 5.41) is 3.50. The van der Waals surface area contributed by atoms with Crippen molar-refractivity contribution in [3.05, 3.63) is 58.2 Å². The van der Waals surface area contributed by atoms with E-state index in [2.05, 4.69) is 28.2 Å². The number of rotatable bonds is 8. The molecule has 1 heterocycles. The molecule has 0 radical (unpaired) electrons. The van der Waals surface area contributed by atoms with Gasteiger partial charge in [0, 0.05) is 16.9 Å². The maximum Gasteiger partial charge on any atom is 0.126 e. The molecule has 1 N–H and O–H groups in total. The maximum absolute atomic E-state index is 13.9. The number of benzene rings is 1. The van der Waals surface area contributed by atoms with Crippen molar-refractivity contribution in [1.29, 1.82) is 0 Å². The van der Waals surface area contributed by atoms with Gasteiger partial charge in [0.25, 0.3) is 0 Å². The van der Waals surface area contributed by atoms with Gasteiger partial charge in [-0.15, -0.1) is 0 Å². The zero-order chi connectivity index (χ0) is 15.1. The van der Waals surface area contributed by atoms with Gasteiger partial charge >= 0.3 is 0 Å². The van der Waals surface area contributed by atoms with E-state index in [9.17, 15) is 4.39 Å². The van der Waals surface area contributed by atoms with Crippen LogP contribution in [0.3, 0.4) is 0 Å². The smallest absolute Gasteiger partial charge is 0.126 e. The topological polar surface area (TPSA) is 25.2 Å². The van der Waals surface area contributed by atoms with Crippen LogP contribution in [0, 0.1) is 5.82 Å². The molecule has 0 bridgehead atoms. The molecule has 0 aliphatic carbocycles. The normalized spacial score (nSPS) is 12.5. The first-order valence-corrected chi connectivity index (χ1v) is 8.18. The quantitative estimate of drug-likeness (QED) is 0.742. The van der Waals surface area contributed by atoms with Crippen molar-refractivity contribution in [2.45, 2.75) is 38.6 Å². The average Bonchev–Trinajstić information content (AvgIpc) is 2.99. The summed E-state index contributed by atoms with van der Waals surface area (Å²) in [4.78, 5) is 0. The van der Waals surface area contributed by atoms with Gasteiger partial charge in [0.15, 0.2) is 0 Å². The molecule has 1 atom stereocenters. The van der Waals surface area contributed by atoms with Crippen LogP contribution in [0.15, 0.2) is 45.5 Å². The first kappa shape index (κ1) is 16.2. The van der Waals surface area contributed by atoms with Crippen LogP contribution in [0.4, 0.5) is 4.39 Å². The van der Waals surface area contributed by atoms with Gasteiger partial charge in [-0.1, -0.05) is 22.9 Å². The molecule has 0 spiro atoms. The molecule has 0 aliphatic rings. The highest BCUT2D eigenvalue weighted by molar-refractivity contribution is 9.10. The van der Waals surface area contributed by atoms with Gasteiger partial charge in [0.1, 0.15) is 11.6 Å². The van der Waals surface area contributed by atoms with Crippen LogP contribution in [-0.4, -0.2) is 12.6 Å². The molecule has 0 fully saturated rings. The molecular weight excluding hydrogens is 333 g/mol. The van der Waals surface area contributed by atoms with Gasteiger partial charge in [0.2, 0.25) is 0 Å². The molecule has 114 valence electrons. The zero-order valence-corrected chi connectivity index (χ0v) is 13.8. The highest BCUT2D eigenvalue weighted by Gasteiger charge is 2.13. The van der Waals surface area contributed by atoms with E-state index in [1.165, 1.54) is 6.07 Å². The van der Waals surface area contributed by atoms with E-state index in [0.29, 0.717) is 6.42 Å². The van der Waals surface area contributed by atoms with E-state index in [1.54, 1.807) is 12.3 Å². The number of hydrogen-bond donors (Lipinski definition) is 1. The third-order valence-corrected chi connectivity index (χ3v) is 3.97.